The number of rotatable bonds is 0. The summed E-state index contributed by atoms with van der Waals surface area (Å²) in [7, 11) is 0. The van der Waals surface area contributed by atoms with E-state index in [2.05, 4.69) is 5.32 Å². The molecule has 0 unspecified atom stereocenters. The van der Waals surface area contributed by atoms with E-state index >= 15 is 0 Å². The summed E-state index contributed by atoms with van der Waals surface area (Å²) in [6.45, 7) is 1.78. The van der Waals surface area contributed by atoms with E-state index in [4.69, 9.17) is 27.6 Å². The first-order valence-corrected chi connectivity index (χ1v) is 5.61. The zero-order chi connectivity index (χ0) is 10.4. The summed E-state index contributed by atoms with van der Waals surface area (Å²) < 4.78 is 5.74. The summed E-state index contributed by atoms with van der Waals surface area (Å²) in [4.78, 5) is 0. The molecule has 0 fully saturated rings. The van der Waals surface area contributed by atoms with Crippen LogP contribution in [0.2, 0.25) is 10.0 Å². The molecule has 1 aliphatic rings. The van der Waals surface area contributed by atoms with Gasteiger partial charge in [0, 0.05) is 41.5 Å². The van der Waals surface area contributed by atoms with Crippen LogP contribution in [0.5, 0.6) is 0 Å². The van der Waals surface area contributed by atoms with Gasteiger partial charge >= 0.3 is 0 Å². The molecule has 4 heteroatoms. The number of hydrogen-bond donors (Lipinski definition) is 1. The fourth-order valence-electron chi connectivity index (χ4n) is 2.06. The molecule has 0 atom stereocenters. The standard InChI is InChI=1S/C11H9Cl2NO/c12-6-3-8(13)11-7-5-14-2-1-9(7)15-10(11)4-6/h3-4,14H,1-2,5H2. The fraction of sp³-hybridized carbons (Fsp3) is 0.273. The van der Waals surface area contributed by atoms with Crippen molar-refractivity contribution >= 4 is 34.2 Å². The second-order valence-electron chi connectivity index (χ2n) is 3.69. The van der Waals surface area contributed by atoms with Gasteiger partial charge < -0.3 is 9.73 Å². The van der Waals surface area contributed by atoms with Crippen molar-refractivity contribution in [2.24, 2.45) is 0 Å². The number of halogens is 2. The minimum absolute atomic E-state index is 0.617. The van der Waals surface area contributed by atoms with E-state index in [-0.39, 0.29) is 0 Å². The highest BCUT2D eigenvalue weighted by atomic mass is 35.5. The third kappa shape index (κ3) is 1.44. The largest absolute Gasteiger partial charge is 0.461 e. The summed E-state index contributed by atoms with van der Waals surface area (Å²) >= 11 is 12.1. The van der Waals surface area contributed by atoms with Gasteiger partial charge in [-0.1, -0.05) is 23.2 Å². The Morgan fingerprint density at radius 3 is 3.00 bits per heavy atom. The Kier molecular flexibility index (Phi) is 2.16. The van der Waals surface area contributed by atoms with Crippen molar-refractivity contribution in [1.29, 1.82) is 0 Å². The van der Waals surface area contributed by atoms with Crippen molar-refractivity contribution in [2.45, 2.75) is 13.0 Å². The second-order valence-corrected chi connectivity index (χ2v) is 4.53. The Balaban J connectivity index is 2.37. The molecule has 2 nitrogen and oxygen atoms in total. The van der Waals surface area contributed by atoms with Gasteiger partial charge in [0.1, 0.15) is 11.3 Å². The van der Waals surface area contributed by atoms with Crippen LogP contribution in [-0.4, -0.2) is 6.54 Å². The number of fused-ring (bicyclic) bond motifs is 3. The smallest absolute Gasteiger partial charge is 0.137 e. The highest BCUT2D eigenvalue weighted by molar-refractivity contribution is 6.38. The molecule has 1 aliphatic heterocycles. The third-order valence-corrected chi connectivity index (χ3v) is 3.24. The van der Waals surface area contributed by atoms with Crippen LogP contribution in [0.3, 0.4) is 0 Å². The molecule has 0 saturated carbocycles. The van der Waals surface area contributed by atoms with E-state index in [9.17, 15) is 0 Å². The molecule has 2 heterocycles. The Hall–Kier alpha value is -0.700. The van der Waals surface area contributed by atoms with Gasteiger partial charge in [0.2, 0.25) is 0 Å². The van der Waals surface area contributed by atoms with Gasteiger partial charge in [-0.05, 0) is 6.07 Å². The predicted octanol–water partition coefficient (Wildman–Crippen LogP) is 3.39. The van der Waals surface area contributed by atoms with Crippen LogP contribution in [0.15, 0.2) is 16.5 Å². The average molecular weight is 242 g/mol. The van der Waals surface area contributed by atoms with Crippen molar-refractivity contribution in [2.75, 3.05) is 6.54 Å². The Bertz CT molecular complexity index is 533. The van der Waals surface area contributed by atoms with E-state index in [0.717, 1.165) is 36.2 Å². The lowest BCUT2D eigenvalue weighted by atomic mass is 10.1. The van der Waals surface area contributed by atoms with Gasteiger partial charge in [-0.2, -0.15) is 0 Å². The van der Waals surface area contributed by atoms with Gasteiger partial charge in [0.15, 0.2) is 0 Å². The maximum absolute atomic E-state index is 6.17. The van der Waals surface area contributed by atoms with Crippen molar-refractivity contribution < 1.29 is 4.42 Å². The van der Waals surface area contributed by atoms with E-state index in [1.54, 1.807) is 6.07 Å². The zero-order valence-electron chi connectivity index (χ0n) is 7.94. The number of furan rings is 1. The summed E-state index contributed by atoms with van der Waals surface area (Å²) in [5.41, 5.74) is 1.97. The molecule has 0 saturated heterocycles. The molecular weight excluding hydrogens is 233 g/mol. The minimum Gasteiger partial charge on any atom is -0.461 e. The van der Waals surface area contributed by atoms with Crippen LogP contribution in [0.1, 0.15) is 11.3 Å². The van der Waals surface area contributed by atoms with Crippen LogP contribution >= 0.6 is 23.2 Å². The monoisotopic (exact) mass is 241 g/mol. The number of benzene rings is 1. The van der Waals surface area contributed by atoms with Crippen LogP contribution in [-0.2, 0) is 13.0 Å². The van der Waals surface area contributed by atoms with Crippen molar-refractivity contribution in [1.82, 2.24) is 5.32 Å². The Labute approximate surface area is 97.2 Å². The van der Waals surface area contributed by atoms with Gasteiger partial charge in [0.25, 0.3) is 0 Å². The third-order valence-electron chi connectivity index (χ3n) is 2.72. The molecule has 78 valence electrons. The summed E-state index contributed by atoms with van der Waals surface area (Å²) in [6, 6.07) is 3.58. The van der Waals surface area contributed by atoms with E-state index < -0.39 is 0 Å². The van der Waals surface area contributed by atoms with E-state index in [0.29, 0.717) is 10.0 Å². The lowest BCUT2D eigenvalue weighted by Gasteiger charge is -2.11. The predicted molar refractivity (Wildman–Crippen MR) is 61.6 cm³/mol. The van der Waals surface area contributed by atoms with Gasteiger partial charge in [-0.25, -0.2) is 0 Å². The summed E-state index contributed by atoms with van der Waals surface area (Å²) in [5.74, 6) is 1.04. The fourth-order valence-corrected chi connectivity index (χ4v) is 2.65. The number of hydrogen-bond acceptors (Lipinski definition) is 2. The average Bonchev–Trinajstić information content (AvgIpc) is 2.54. The lowest BCUT2D eigenvalue weighted by molar-refractivity contribution is 0.500. The molecule has 1 aromatic carbocycles. The molecule has 15 heavy (non-hydrogen) atoms. The highest BCUT2D eigenvalue weighted by Crippen LogP contribution is 2.35. The number of nitrogens with one attached hydrogen (secondary N) is 1. The molecule has 0 amide bonds. The minimum atomic E-state index is 0.617. The van der Waals surface area contributed by atoms with Gasteiger partial charge in [-0.15, -0.1) is 0 Å². The zero-order valence-corrected chi connectivity index (χ0v) is 9.45. The molecule has 0 spiro atoms. The normalized spacial score (nSPS) is 15.6. The summed E-state index contributed by atoms with van der Waals surface area (Å²) in [5, 5.41) is 5.60. The van der Waals surface area contributed by atoms with Crippen molar-refractivity contribution in [3.63, 3.8) is 0 Å². The SMILES string of the molecule is Clc1cc(Cl)c2c3c(oc2c1)CCNC3. The first-order chi connectivity index (χ1) is 7.25. The molecule has 0 radical (unpaired) electrons. The topological polar surface area (TPSA) is 25.2 Å². The highest BCUT2D eigenvalue weighted by Gasteiger charge is 2.19. The lowest BCUT2D eigenvalue weighted by Crippen LogP contribution is -2.22. The molecule has 0 bridgehead atoms. The molecular formula is C11H9Cl2NO. The Morgan fingerprint density at radius 2 is 2.13 bits per heavy atom. The van der Waals surface area contributed by atoms with Crippen molar-refractivity contribution in [3.8, 4) is 0 Å². The van der Waals surface area contributed by atoms with Crippen LogP contribution < -0.4 is 5.32 Å². The molecule has 1 N–H and O–H groups in total. The quantitative estimate of drug-likeness (QED) is 0.765. The van der Waals surface area contributed by atoms with Crippen LogP contribution in [0, 0.1) is 0 Å². The molecule has 2 aromatic rings. The maximum atomic E-state index is 6.17. The molecule has 3 rings (SSSR count). The maximum Gasteiger partial charge on any atom is 0.137 e. The van der Waals surface area contributed by atoms with Gasteiger partial charge in [-0.3, -0.25) is 0 Å². The molecule has 0 aliphatic carbocycles. The first kappa shape index (κ1) is 9.52. The van der Waals surface area contributed by atoms with Gasteiger partial charge in [0.05, 0.1) is 5.02 Å². The second kappa shape index (κ2) is 3.41. The Morgan fingerprint density at radius 1 is 1.27 bits per heavy atom. The molecule has 1 aromatic heterocycles. The van der Waals surface area contributed by atoms with Crippen molar-refractivity contribution in [3.05, 3.63) is 33.5 Å². The van der Waals surface area contributed by atoms with E-state index in [1.165, 1.54) is 5.56 Å². The van der Waals surface area contributed by atoms with Crippen LogP contribution in [0.4, 0.5) is 0 Å². The first-order valence-electron chi connectivity index (χ1n) is 4.86. The van der Waals surface area contributed by atoms with E-state index in [1.807, 2.05) is 6.07 Å². The van der Waals surface area contributed by atoms with Crippen LogP contribution in [0.25, 0.3) is 11.0 Å². The summed E-state index contributed by atoms with van der Waals surface area (Å²) in [6.07, 6.45) is 0.915.